The Balaban J connectivity index is 1.77. The lowest BCUT2D eigenvalue weighted by Gasteiger charge is -2.26. The molecule has 3 amide bonds. The van der Waals surface area contributed by atoms with Gasteiger partial charge in [0.25, 0.3) is 0 Å². The number of amides is 3. The summed E-state index contributed by atoms with van der Waals surface area (Å²) in [5.74, 6) is -3.06. The molecule has 4 atom stereocenters. The number of H-pyrrole nitrogens is 2. The highest BCUT2D eigenvalue weighted by molar-refractivity contribution is 5.94. The van der Waals surface area contributed by atoms with Crippen LogP contribution in [0.4, 0.5) is 0 Å². The summed E-state index contributed by atoms with van der Waals surface area (Å²) in [6.07, 6.45) is 5.13. The molecule has 40 heavy (non-hydrogen) atoms. The van der Waals surface area contributed by atoms with Crippen LogP contribution in [0.1, 0.15) is 45.4 Å². The fraction of sp³-hybridized carbons (Fsp3) is 0.464. The van der Waals surface area contributed by atoms with E-state index in [4.69, 9.17) is 5.73 Å². The summed E-state index contributed by atoms with van der Waals surface area (Å²) < 4.78 is 0. The van der Waals surface area contributed by atoms with E-state index in [-0.39, 0.29) is 31.1 Å². The van der Waals surface area contributed by atoms with Gasteiger partial charge < -0.3 is 36.8 Å². The van der Waals surface area contributed by atoms with Gasteiger partial charge in [-0.1, -0.05) is 45.9 Å². The molecule has 1 aromatic carbocycles. The molecule has 12 nitrogen and oxygen atoms in total. The molecule has 2 heterocycles. The minimum atomic E-state index is -1.22. The second-order valence-corrected chi connectivity index (χ2v) is 10.8. The maximum Gasteiger partial charge on any atom is 0.326 e. The van der Waals surface area contributed by atoms with Crippen LogP contribution in [0.5, 0.6) is 0 Å². The summed E-state index contributed by atoms with van der Waals surface area (Å²) in [7, 11) is 0. The first kappa shape index (κ1) is 30.4. The molecule has 8 N–H and O–H groups in total. The van der Waals surface area contributed by atoms with E-state index in [0.29, 0.717) is 5.69 Å². The highest BCUT2D eigenvalue weighted by atomic mass is 16.4. The lowest BCUT2D eigenvalue weighted by molar-refractivity contribution is -0.142. The topological polar surface area (TPSA) is 195 Å². The summed E-state index contributed by atoms with van der Waals surface area (Å²) in [4.78, 5) is 61.6. The van der Waals surface area contributed by atoms with Crippen molar-refractivity contribution in [2.75, 3.05) is 0 Å². The molecule has 0 spiro atoms. The fourth-order valence-corrected chi connectivity index (χ4v) is 4.36. The lowest BCUT2D eigenvalue weighted by atomic mass is 10.00. The van der Waals surface area contributed by atoms with Gasteiger partial charge in [-0.15, -0.1) is 0 Å². The van der Waals surface area contributed by atoms with Gasteiger partial charge in [0.1, 0.15) is 18.1 Å². The number of para-hydroxylation sites is 1. The Hall–Kier alpha value is -4.19. The van der Waals surface area contributed by atoms with Gasteiger partial charge in [0, 0.05) is 41.8 Å². The van der Waals surface area contributed by atoms with Gasteiger partial charge in [-0.3, -0.25) is 14.4 Å². The molecule has 0 saturated carbocycles. The van der Waals surface area contributed by atoms with Crippen LogP contribution in [0.2, 0.25) is 0 Å². The first-order valence-electron chi connectivity index (χ1n) is 13.4. The highest BCUT2D eigenvalue weighted by Crippen LogP contribution is 2.19. The van der Waals surface area contributed by atoms with Gasteiger partial charge >= 0.3 is 5.97 Å². The van der Waals surface area contributed by atoms with E-state index in [1.807, 2.05) is 38.1 Å². The normalized spacial score (nSPS) is 14.5. The average molecular weight is 554 g/mol. The van der Waals surface area contributed by atoms with E-state index in [2.05, 4.69) is 30.9 Å². The van der Waals surface area contributed by atoms with Crippen LogP contribution in [0, 0.1) is 11.8 Å². The minimum Gasteiger partial charge on any atom is -0.480 e. The number of hydrogen-bond acceptors (Lipinski definition) is 6. The molecule has 2 aromatic heterocycles. The molecule has 12 heteroatoms. The van der Waals surface area contributed by atoms with E-state index in [9.17, 15) is 24.3 Å². The average Bonchev–Trinajstić information content (AvgIpc) is 3.56. The van der Waals surface area contributed by atoms with Crippen molar-refractivity contribution < 1.29 is 24.3 Å². The Labute approximate surface area is 232 Å². The molecular weight excluding hydrogens is 514 g/mol. The Kier molecular flexibility index (Phi) is 10.4. The van der Waals surface area contributed by atoms with Crippen LogP contribution in [-0.4, -0.2) is 67.9 Å². The third-order valence-electron chi connectivity index (χ3n) is 6.69. The fourth-order valence-electron chi connectivity index (χ4n) is 4.36. The number of carboxylic acids is 1. The van der Waals surface area contributed by atoms with Crippen LogP contribution in [-0.2, 0) is 32.0 Å². The summed E-state index contributed by atoms with van der Waals surface area (Å²) in [5, 5.41) is 18.8. The second-order valence-electron chi connectivity index (χ2n) is 10.8. The molecule has 3 aromatic rings. The number of hydrogen-bond donors (Lipinski definition) is 7. The Morgan fingerprint density at radius 3 is 2.17 bits per heavy atom. The monoisotopic (exact) mass is 553 g/mol. The molecule has 0 aliphatic heterocycles. The van der Waals surface area contributed by atoms with Crippen molar-refractivity contribution in [2.24, 2.45) is 17.6 Å². The number of imidazole rings is 1. The first-order chi connectivity index (χ1) is 19.0. The molecule has 0 fully saturated rings. The molecule has 0 saturated heterocycles. The van der Waals surface area contributed by atoms with Crippen molar-refractivity contribution in [2.45, 2.75) is 71.1 Å². The zero-order valence-electron chi connectivity index (χ0n) is 23.2. The van der Waals surface area contributed by atoms with Gasteiger partial charge in [0.2, 0.25) is 17.7 Å². The number of aromatic amines is 2. The number of carboxylic acid groups (broad SMARTS) is 1. The summed E-state index contributed by atoms with van der Waals surface area (Å²) in [5.41, 5.74) is 8.20. The largest absolute Gasteiger partial charge is 0.480 e. The summed E-state index contributed by atoms with van der Waals surface area (Å²) in [6.45, 7) is 7.37. The second kappa shape index (κ2) is 13.7. The predicted molar refractivity (Wildman–Crippen MR) is 150 cm³/mol. The number of carbonyl (C=O) groups excluding carboxylic acids is 3. The van der Waals surface area contributed by atoms with Crippen molar-refractivity contribution in [1.29, 1.82) is 0 Å². The van der Waals surface area contributed by atoms with Crippen LogP contribution in [0.15, 0.2) is 43.0 Å². The number of rotatable bonds is 14. The smallest absolute Gasteiger partial charge is 0.326 e. The van der Waals surface area contributed by atoms with E-state index in [0.717, 1.165) is 16.5 Å². The molecule has 0 bridgehead atoms. The predicted octanol–water partition coefficient (Wildman–Crippen LogP) is 1.24. The number of carbonyl (C=O) groups is 4. The van der Waals surface area contributed by atoms with Gasteiger partial charge in [-0.25, -0.2) is 9.78 Å². The lowest BCUT2D eigenvalue weighted by Crippen LogP contribution is -2.58. The number of aliphatic carboxylic acids is 1. The van der Waals surface area contributed by atoms with Crippen molar-refractivity contribution >= 4 is 34.6 Å². The molecule has 0 radical (unpaired) electrons. The third-order valence-corrected chi connectivity index (χ3v) is 6.69. The van der Waals surface area contributed by atoms with Crippen molar-refractivity contribution in [3.05, 3.63) is 54.2 Å². The van der Waals surface area contributed by atoms with Crippen molar-refractivity contribution in [1.82, 2.24) is 30.9 Å². The van der Waals surface area contributed by atoms with Crippen molar-refractivity contribution in [3.63, 3.8) is 0 Å². The summed E-state index contributed by atoms with van der Waals surface area (Å²) >= 11 is 0. The number of nitrogens with two attached hydrogens (primary N) is 1. The molecular formula is C28H39N7O5. The number of nitrogens with zero attached hydrogens (tertiary/aromatic N) is 1. The number of benzene rings is 1. The highest BCUT2D eigenvalue weighted by Gasteiger charge is 2.32. The van der Waals surface area contributed by atoms with E-state index in [1.54, 1.807) is 20.0 Å². The van der Waals surface area contributed by atoms with Gasteiger partial charge in [0.05, 0.1) is 12.4 Å². The quantitative estimate of drug-likeness (QED) is 0.156. The van der Waals surface area contributed by atoms with Crippen LogP contribution < -0.4 is 21.7 Å². The first-order valence-corrected chi connectivity index (χ1v) is 13.4. The van der Waals surface area contributed by atoms with Crippen LogP contribution >= 0.6 is 0 Å². The minimum absolute atomic E-state index is 0.00274. The summed E-state index contributed by atoms with van der Waals surface area (Å²) in [6, 6.07) is 3.37. The number of aromatic nitrogens is 3. The molecule has 4 unspecified atom stereocenters. The molecule has 216 valence electrons. The molecule has 3 rings (SSSR count). The zero-order chi connectivity index (χ0) is 29.4. The van der Waals surface area contributed by atoms with Crippen LogP contribution in [0.3, 0.4) is 0 Å². The van der Waals surface area contributed by atoms with E-state index in [1.165, 1.54) is 12.5 Å². The maximum atomic E-state index is 13.4. The Morgan fingerprint density at radius 2 is 1.55 bits per heavy atom. The van der Waals surface area contributed by atoms with E-state index >= 15 is 0 Å². The number of nitrogens with one attached hydrogen (secondary N) is 5. The standard InChI is InChI=1S/C28H39N7O5/c1-15(2)9-21(25(36)35-23(28(39)40)10-17-12-31-20-8-6-5-7-19(17)20)33-26(37)22(11-18-13-30-14-32-18)34-27(38)24(29)16(3)4/h5-8,12-16,21-24,31H,9-11,29H2,1-4H3,(H,30,32)(H,33,37)(H,34,38)(H,35,36)(H,39,40). The Morgan fingerprint density at radius 1 is 0.900 bits per heavy atom. The number of fused-ring (bicyclic) bond motifs is 1. The SMILES string of the molecule is CC(C)CC(NC(=O)C(Cc1cnc[nH]1)NC(=O)C(N)C(C)C)C(=O)NC(Cc1c[nH]c2ccccc12)C(=O)O. The Bertz CT molecular complexity index is 1300. The third kappa shape index (κ3) is 8.15. The van der Waals surface area contributed by atoms with Gasteiger partial charge in [-0.2, -0.15) is 0 Å². The van der Waals surface area contributed by atoms with Gasteiger partial charge in [-0.05, 0) is 29.9 Å². The maximum absolute atomic E-state index is 13.4. The molecule has 0 aliphatic carbocycles. The van der Waals surface area contributed by atoms with Gasteiger partial charge in [0.15, 0.2) is 0 Å². The van der Waals surface area contributed by atoms with Crippen molar-refractivity contribution in [3.8, 4) is 0 Å². The zero-order valence-corrected chi connectivity index (χ0v) is 23.2. The molecule has 0 aliphatic rings. The van der Waals surface area contributed by atoms with E-state index < -0.39 is 47.9 Å². The van der Waals surface area contributed by atoms with Crippen LogP contribution in [0.25, 0.3) is 10.9 Å².